The summed E-state index contributed by atoms with van der Waals surface area (Å²) in [5, 5.41) is 5.52. The van der Waals surface area contributed by atoms with Crippen LogP contribution in [0.5, 0.6) is 0 Å². The van der Waals surface area contributed by atoms with Crippen molar-refractivity contribution in [3.05, 3.63) is 48.0 Å². The largest absolute Gasteiger partial charge is 0.332 e. The molecule has 1 unspecified atom stereocenters. The first-order chi connectivity index (χ1) is 12.0. The van der Waals surface area contributed by atoms with Crippen LogP contribution >= 0.6 is 0 Å². The van der Waals surface area contributed by atoms with E-state index in [1.807, 2.05) is 32.0 Å². The van der Waals surface area contributed by atoms with Crippen molar-refractivity contribution in [1.82, 2.24) is 15.3 Å². The minimum atomic E-state index is -0.333. The van der Waals surface area contributed by atoms with Crippen LogP contribution in [0.3, 0.4) is 0 Å². The quantitative estimate of drug-likeness (QED) is 0.896. The molecule has 7 heteroatoms. The maximum absolute atomic E-state index is 12.1. The van der Waals surface area contributed by atoms with Crippen molar-refractivity contribution in [2.24, 2.45) is 0 Å². The van der Waals surface area contributed by atoms with Crippen LogP contribution in [0.2, 0.25) is 0 Å². The molecule has 0 radical (unpaired) electrons. The van der Waals surface area contributed by atoms with Crippen molar-refractivity contribution in [3.8, 4) is 0 Å². The average molecular weight is 339 g/mol. The Morgan fingerprint density at radius 2 is 2.16 bits per heavy atom. The number of nitrogens with one attached hydrogen (secondary N) is 2. The summed E-state index contributed by atoms with van der Waals surface area (Å²) >= 11 is 0. The molecule has 25 heavy (non-hydrogen) atoms. The fourth-order valence-corrected chi connectivity index (χ4v) is 2.82. The molecule has 2 heterocycles. The van der Waals surface area contributed by atoms with Crippen LogP contribution in [0.4, 0.5) is 16.2 Å². The highest BCUT2D eigenvalue weighted by Crippen LogP contribution is 2.28. The number of carbonyl (C=O) groups excluding carboxylic acids is 2. The third-order valence-corrected chi connectivity index (χ3v) is 4.13. The van der Waals surface area contributed by atoms with E-state index in [0.29, 0.717) is 24.3 Å². The molecule has 2 N–H and O–H groups in total. The zero-order valence-corrected chi connectivity index (χ0v) is 14.3. The number of anilines is 2. The van der Waals surface area contributed by atoms with Crippen molar-refractivity contribution in [3.63, 3.8) is 0 Å². The van der Waals surface area contributed by atoms with Crippen molar-refractivity contribution in [2.75, 3.05) is 10.2 Å². The first-order valence-electron chi connectivity index (χ1n) is 8.27. The normalized spacial score (nSPS) is 16.8. The molecule has 3 amide bonds. The van der Waals surface area contributed by atoms with E-state index in [9.17, 15) is 9.59 Å². The number of benzene rings is 1. The van der Waals surface area contributed by atoms with E-state index in [4.69, 9.17) is 0 Å². The Labute approximate surface area is 146 Å². The van der Waals surface area contributed by atoms with Crippen LogP contribution in [-0.4, -0.2) is 27.9 Å². The third kappa shape index (κ3) is 4.12. The summed E-state index contributed by atoms with van der Waals surface area (Å²) < 4.78 is 0. The number of aryl methyl sites for hydroxylation is 1. The second kappa shape index (κ2) is 7.29. The molecule has 1 aromatic heterocycles. The summed E-state index contributed by atoms with van der Waals surface area (Å²) in [5.41, 5.74) is 2.95. The molecule has 0 aliphatic carbocycles. The summed E-state index contributed by atoms with van der Waals surface area (Å²) in [5.74, 6) is 0.118. The summed E-state index contributed by atoms with van der Waals surface area (Å²) in [7, 11) is 0. The highest BCUT2D eigenvalue weighted by atomic mass is 16.2. The number of rotatable bonds is 4. The lowest BCUT2D eigenvalue weighted by Crippen LogP contribution is -2.31. The summed E-state index contributed by atoms with van der Waals surface area (Å²) in [6.45, 7) is 4.18. The smallest absolute Gasteiger partial charge is 0.319 e. The number of hydrogen-bond donors (Lipinski definition) is 2. The lowest BCUT2D eigenvalue weighted by Gasteiger charge is -2.22. The predicted molar refractivity (Wildman–Crippen MR) is 95.3 cm³/mol. The van der Waals surface area contributed by atoms with E-state index in [1.165, 1.54) is 0 Å². The lowest BCUT2D eigenvalue weighted by atomic mass is 10.2. The average Bonchev–Trinajstić information content (AvgIpc) is 2.93. The van der Waals surface area contributed by atoms with Gasteiger partial charge in [-0.3, -0.25) is 14.8 Å². The molecule has 3 rings (SSSR count). The number of aromatic nitrogens is 2. The number of urea groups is 1. The monoisotopic (exact) mass is 339 g/mol. The van der Waals surface area contributed by atoms with Gasteiger partial charge >= 0.3 is 6.03 Å². The highest BCUT2D eigenvalue weighted by Gasteiger charge is 2.28. The van der Waals surface area contributed by atoms with E-state index >= 15 is 0 Å². The van der Waals surface area contributed by atoms with Gasteiger partial charge in [-0.15, -0.1) is 0 Å². The molecular formula is C18H21N5O2. The first-order valence-corrected chi connectivity index (χ1v) is 8.27. The molecule has 1 aromatic carbocycles. The van der Waals surface area contributed by atoms with E-state index in [-0.39, 0.29) is 18.0 Å². The van der Waals surface area contributed by atoms with E-state index in [2.05, 4.69) is 20.6 Å². The molecule has 0 spiro atoms. The van der Waals surface area contributed by atoms with Gasteiger partial charge in [-0.1, -0.05) is 6.07 Å². The Balaban J connectivity index is 1.60. The fourth-order valence-electron chi connectivity index (χ4n) is 2.82. The van der Waals surface area contributed by atoms with Crippen LogP contribution in [0.1, 0.15) is 31.2 Å². The van der Waals surface area contributed by atoms with Gasteiger partial charge in [-0.2, -0.15) is 0 Å². The molecule has 2 aromatic rings. The van der Waals surface area contributed by atoms with Gasteiger partial charge in [0.15, 0.2) is 0 Å². The van der Waals surface area contributed by atoms with Crippen molar-refractivity contribution in [1.29, 1.82) is 0 Å². The zero-order valence-electron chi connectivity index (χ0n) is 14.3. The second-order valence-corrected chi connectivity index (χ2v) is 6.16. The molecular weight excluding hydrogens is 318 g/mol. The number of nitrogens with zero attached hydrogens (tertiary/aromatic N) is 3. The topological polar surface area (TPSA) is 87.2 Å². The SMILES string of the molecule is Cc1cnc(CNC(=O)Nc2cccc(N3C(=O)CCC3C)c2)cn1. The number of amides is 3. The van der Waals surface area contributed by atoms with Crippen molar-refractivity contribution >= 4 is 23.3 Å². The van der Waals surface area contributed by atoms with Crippen molar-refractivity contribution < 1.29 is 9.59 Å². The van der Waals surface area contributed by atoms with Crippen LogP contribution in [0.15, 0.2) is 36.7 Å². The van der Waals surface area contributed by atoms with E-state index in [1.54, 1.807) is 23.4 Å². The molecule has 1 aliphatic heterocycles. The van der Waals surface area contributed by atoms with Crippen LogP contribution in [0.25, 0.3) is 0 Å². The molecule has 1 aliphatic rings. The van der Waals surface area contributed by atoms with Gasteiger partial charge in [-0.05, 0) is 38.5 Å². The molecule has 1 fully saturated rings. The molecule has 0 bridgehead atoms. The standard InChI is InChI=1S/C18H21N5O2/c1-12-9-20-15(10-19-12)11-21-18(25)22-14-4-3-5-16(8-14)23-13(2)6-7-17(23)24/h3-5,8-10,13H,6-7,11H2,1-2H3,(H2,21,22,25). The maximum Gasteiger partial charge on any atom is 0.319 e. The summed E-state index contributed by atoms with van der Waals surface area (Å²) in [6.07, 6.45) is 4.72. The van der Waals surface area contributed by atoms with E-state index in [0.717, 1.165) is 17.8 Å². The Morgan fingerprint density at radius 1 is 1.32 bits per heavy atom. The van der Waals surface area contributed by atoms with Gasteiger partial charge < -0.3 is 15.5 Å². The van der Waals surface area contributed by atoms with Gasteiger partial charge in [0.1, 0.15) is 0 Å². The van der Waals surface area contributed by atoms with Crippen LogP contribution < -0.4 is 15.5 Å². The molecule has 1 atom stereocenters. The maximum atomic E-state index is 12.1. The number of hydrogen-bond acceptors (Lipinski definition) is 4. The van der Waals surface area contributed by atoms with Gasteiger partial charge in [0.05, 0.1) is 24.1 Å². The summed E-state index contributed by atoms with van der Waals surface area (Å²) in [6, 6.07) is 7.15. The fraction of sp³-hybridized carbons (Fsp3) is 0.333. The van der Waals surface area contributed by atoms with E-state index < -0.39 is 0 Å². The van der Waals surface area contributed by atoms with Crippen LogP contribution in [-0.2, 0) is 11.3 Å². The minimum Gasteiger partial charge on any atom is -0.332 e. The van der Waals surface area contributed by atoms with Gasteiger partial charge in [0.25, 0.3) is 0 Å². The lowest BCUT2D eigenvalue weighted by molar-refractivity contribution is -0.117. The van der Waals surface area contributed by atoms with Gasteiger partial charge in [-0.25, -0.2) is 4.79 Å². The Kier molecular flexibility index (Phi) is 4.92. The summed E-state index contributed by atoms with van der Waals surface area (Å²) in [4.78, 5) is 34.2. The Bertz CT molecular complexity index is 775. The molecule has 7 nitrogen and oxygen atoms in total. The number of carbonyl (C=O) groups is 2. The Morgan fingerprint density at radius 3 is 2.84 bits per heavy atom. The van der Waals surface area contributed by atoms with Gasteiger partial charge in [0.2, 0.25) is 5.91 Å². The molecule has 130 valence electrons. The van der Waals surface area contributed by atoms with Gasteiger partial charge in [0, 0.05) is 30.0 Å². The first kappa shape index (κ1) is 16.9. The molecule has 0 saturated carbocycles. The van der Waals surface area contributed by atoms with Crippen LogP contribution in [0, 0.1) is 6.92 Å². The zero-order chi connectivity index (χ0) is 17.8. The minimum absolute atomic E-state index is 0.118. The highest BCUT2D eigenvalue weighted by molar-refractivity contribution is 5.97. The Hall–Kier alpha value is -2.96. The second-order valence-electron chi connectivity index (χ2n) is 6.16. The molecule has 1 saturated heterocycles. The predicted octanol–water partition coefficient (Wildman–Crippen LogP) is 2.62. The third-order valence-electron chi connectivity index (χ3n) is 4.13. The van der Waals surface area contributed by atoms with Crippen molar-refractivity contribution in [2.45, 2.75) is 39.3 Å².